The Morgan fingerprint density at radius 1 is 0.930 bits per heavy atom. The van der Waals surface area contributed by atoms with Gasteiger partial charge in [-0.25, -0.2) is 18.5 Å². The normalized spacial score (nSPS) is 17.8. The van der Waals surface area contributed by atoms with Gasteiger partial charge in [0.1, 0.15) is 10.7 Å². The fourth-order valence-corrected chi connectivity index (χ4v) is 7.15. The molecule has 0 bridgehead atoms. The lowest BCUT2D eigenvalue weighted by Crippen LogP contribution is -2.39. The van der Waals surface area contributed by atoms with E-state index < -0.39 is 10.0 Å². The largest absolute Gasteiger partial charge is 0.342 e. The molecule has 0 spiro atoms. The van der Waals surface area contributed by atoms with Gasteiger partial charge in [0, 0.05) is 29.6 Å². The van der Waals surface area contributed by atoms with Gasteiger partial charge in [-0.15, -0.1) is 0 Å². The van der Waals surface area contributed by atoms with E-state index in [1.807, 2.05) is 48.7 Å². The molecule has 1 fully saturated rings. The van der Waals surface area contributed by atoms with Crippen molar-refractivity contribution >= 4 is 44.5 Å². The number of hydrogen-bond donors (Lipinski definition) is 2. The van der Waals surface area contributed by atoms with Crippen LogP contribution in [-0.4, -0.2) is 36.4 Å². The van der Waals surface area contributed by atoms with Crippen molar-refractivity contribution in [2.45, 2.75) is 36.4 Å². The minimum Gasteiger partial charge on any atom is -0.342 e. The van der Waals surface area contributed by atoms with Gasteiger partial charge in [-0.3, -0.25) is 9.89 Å². The first kappa shape index (κ1) is 27.8. The summed E-state index contributed by atoms with van der Waals surface area (Å²) in [6, 6.07) is 29.8. The van der Waals surface area contributed by atoms with Crippen LogP contribution in [0.1, 0.15) is 41.9 Å². The van der Waals surface area contributed by atoms with Crippen molar-refractivity contribution in [3.63, 3.8) is 0 Å². The smallest absolute Gasteiger partial charge is 0.239 e. The van der Waals surface area contributed by atoms with Crippen molar-refractivity contribution in [2.75, 3.05) is 18.0 Å². The Balaban J connectivity index is 1.11. The summed E-state index contributed by atoms with van der Waals surface area (Å²) in [5.74, 6) is 1.55. The molecule has 2 aliphatic heterocycles. The van der Waals surface area contributed by atoms with Crippen molar-refractivity contribution in [1.29, 1.82) is 0 Å². The zero-order valence-electron chi connectivity index (χ0n) is 23.4. The molecule has 3 N–H and O–H groups in total. The maximum atomic E-state index is 12.1. The van der Waals surface area contributed by atoms with Crippen LogP contribution in [0.5, 0.6) is 0 Å². The molecule has 1 atom stereocenters. The van der Waals surface area contributed by atoms with E-state index in [-0.39, 0.29) is 16.1 Å². The molecule has 0 saturated carbocycles. The van der Waals surface area contributed by atoms with Crippen LogP contribution in [0.3, 0.4) is 0 Å². The first-order valence-corrected chi connectivity index (χ1v) is 16.3. The van der Waals surface area contributed by atoms with Crippen LogP contribution in [0.4, 0.5) is 5.69 Å². The Kier molecular flexibility index (Phi) is 7.26. The van der Waals surface area contributed by atoms with E-state index in [2.05, 4.69) is 51.2 Å². The van der Waals surface area contributed by atoms with Gasteiger partial charge >= 0.3 is 0 Å². The Bertz CT molecular complexity index is 1990. The molecule has 7 rings (SSSR count). The third-order valence-corrected chi connectivity index (χ3v) is 9.69. The van der Waals surface area contributed by atoms with E-state index in [0.29, 0.717) is 16.5 Å². The summed E-state index contributed by atoms with van der Waals surface area (Å²) < 4.78 is 24.3. The van der Waals surface area contributed by atoms with Gasteiger partial charge in [0.05, 0.1) is 21.4 Å². The first-order valence-electron chi connectivity index (χ1n) is 14.3. The van der Waals surface area contributed by atoms with Gasteiger partial charge in [-0.05, 0) is 73.5 Å². The number of hydrogen-bond acceptors (Lipinski definition) is 6. The first-order chi connectivity index (χ1) is 20.8. The molecule has 1 saturated heterocycles. The number of rotatable bonds is 6. The van der Waals surface area contributed by atoms with E-state index in [0.717, 1.165) is 60.6 Å². The molecule has 218 valence electrons. The quantitative estimate of drug-likeness (QED) is 0.287. The number of imidazole rings is 1. The molecule has 4 aromatic carbocycles. The number of aromatic amines is 1. The van der Waals surface area contributed by atoms with E-state index in [4.69, 9.17) is 26.7 Å². The summed E-state index contributed by atoms with van der Waals surface area (Å²) in [6.45, 7) is 2.91. The number of fused-ring (bicyclic) bond motifs is 2. The van der Waals surface area contributed by atoms with Crippen molar-refractivity contribution in [1.82, 2.24) is 14.9 Å². The lowest BCUT2D eigenvalue weighted by molar-refractivity contribution is 0.202. The number of para-hydroxylation sites is 2. The monoisotopic (exact) mass is 610 g/mol. The fourth-order valence-electron chi connectivity index (χ4n) is 6.04. The summed E-state index contributed by atoms with van der Waals surface area (Å²) in [6.07, 6.45) is 3.73. The van der Waals surface area contributed by atoms with Crippen molar-refractivity contribution in [2.24, 2.45) is 10.1 Å². The van der Waals surface area contributed by atoms with E-state index in [1.54, 1.807) is 6.07 Å². The zero-order valence-corrected chi connectivity index (χ0v) is 25.0. The second-order valence-corrected chi connectivity index (χ2v) is 13.1. The van der Waals surface area contributed by atoms with Crippen LogP contribution < -0.4 is 20.6 Å². The second kappa shape index (κ2) is 11.2. The predicted octanol–water partition coefficient (Wildman–Crippen LogP) is 4.82. The molecule has 43 heavy (non-hydrogen) atoms. The van der Waals surface area contributed by atoms with Crippen molar-refractivity contribution in [3.8, 4) is 0 Å². The van der Waals surface area contributed by atoms with Crippen LogP contribution in [0.2, 0.25) is 5.02 Å². The standard InChI is InChI=1S/C33H31ClN6O2S/c34-27-19-30-25(18-31(27)43(35,41)42)21-40(33(38-30)24-6-2-1-3-7-24)26-12-10-22(11-13-26)20-39-16-14-23(15-17-39)32-36-28-8-4-5-9-29(28)37-32/h1-13,18-19,21,23,33H,14-17,20H2,(H,36,37)(H2,35,41,42). The Morgan fingerprint density at radius 2 is 1.65 bits per heavy atom. The number of primary sulfonamides is 1. The summed E-state index contributed by atoms with van der Waals surface area (Å²) in [4.78, 5) is 17.8. The zero-order chi connectivity index (χ0) is 29.6. The molecular formula is C33H31ClN6O2S. The number of H-pyrrole nitrogens is 1. The maximum Gasteiger partial charge on any atom is 0.239 e. The lowest BCUT2D eigenvalue weighted by atomic mass is 9.96. The number of nitrogens with two attached hydrogens (primary N) is 1. The lowest BCUT2D eigenvalue weighted by Gasteiger charge is -2.32. The topological polar surface area (TPSA) is 108 Å². The molecular weight excluding hydrogens is 580 g/mol. The third-order valence-electron chi connectivity index (χ3n) is 8.31. The number of piperidine rings is 1. The van der Waals surface area contributed by atoms with Gasteiger partial charge in [-0.2, -0.15) is 0 Å². The summed E-state index contributed by atoms with van der Waals surface area (Å²) in [7, 11) is -3.98. The van der Waals surface area contributed by atoms with Crippen LogP contribution in [0, 0.1) is 0 Å². The summed E-state index contributed by atoms with van der Waals surface area (Å²) in [5.41, 5.74) is 5.32. The van der Waals surface area contributed by atoms with Crippen molar-refractivity contribution < 1.29 is 8.42 Å². The highest BCUT2D eigenvalue weighted by molar-refractivity contribution is 7.89. The number of anilines is 1. The van der Waals surface area contributed by atoms with E-state index >= 15 is 0 Å². The van der Waals surface area contributed by atoms with Gasteiger partial charge < -0.3 is 9.88 Å². The summed E-state index contributed by atoms with van der Waals surface area (Å²) >= 11 is 6.29. The highest BCUT2D eigenvalue weighted by atomic mass is 35.5. The second-order valence-electron chi connectivity index (χ2n) is 11.2. The van der Waals surface area contributed by atoms with Gasteiger partial charge in [0.2, 0.25) is 10.0 Å². The average molecular weight is 611 g/mol. The van der Waals surface area contributed by atoms with E-state index in [9.17, 15) is 8.42 Å². The maximum absolute atomic E-state index is 12.1. The Labute approximate surface area is 255 Å². The predicted molar refractivity (Wildman–Crippen MR) is 170 cm³/mol. The molecule has 0 aliphatic carbocycles. The highest BCUT2D eigenvalue weighted by Gasteiger charge is 2.25. The minimum atomic E-state index is -3.98. The minimum absolute atomic E-state index is 0.0598. The number of nitrogens with one attached hydrogen (secondary N) is 1. The summed E-state index contributed by atoms with van der Waals surface area (Å²) in [5, 5.41) is 6.73. The molecule has 8 nitrogen and oxygen atoms in total. The average Bonchev–Trinajstić information content (AvgIpc) is 3.45. The molecule has 1 aromatic heterocycles. The number of aromatic nitrogens is 2. The fraction of sp³-hybridized carbons (Fsp3) is 0.212. The Morgan fingerprint density at radius 3 is 2.37 bits per heavy atom. The molecule has 0 radical (unpaired) electrons. The molecule has 5 aromatic rings. The SMILES string of the molecule is NS(=O)(=O)c1cc2c(cc1Cl)=NC(c1ccccc1)N(c1ccc(CN3CCC(c4nc5ccccc5[nH]4)CC3)cc1)C=2. The number of likely N-dealkylation sites (tertiary alicyclic amines) is 1. The van der Waals surface area contributed by atoms with Gasteiger partial charge in [0.15, 0.2) is 6.17 Å². The van der Waals surface area contributed by atoms with Gasteiger partial charge in [0.25, 0.3) is 0 Å². The molecule has 10 heteroatoms. The molecule has 2 aliphatic rings. The number of benzene rings is 4. The molecule has 3 heterocycles. The Hall–Kier alpha value is -4.02. The van der Waals surface area contributed by atoms with Crippen LogP contribution in [0.15, 0.2) is 101 Å². The van der Waals surface area contributed by atoms with Crippen LogP contribution in [0.25, 0.3) is 17.2 Å². The van der Waals surface area contributed by atoms with Crippen molar-refractivity contribution in [3.05, 3.63) is 124 Å². The van der Waals surface area contributed by atoms with E-state index in [1.165, 1.54) is 11.6 Å². The number of sulfonamides is 1. The number of halogens is 1. The van der Waals surface area contributed by atoms with Gasteiger partial charge in [-0.1, -0.05) is 66.2 Å². The highest BCUT2D eigenvalue weighted by Crippen LogP contribution is 2.32. The van der Waals surface area contributed by atoms with Crippen LogP contribution >= 0.6 is 11.6 Å². The molecule has 0 amide bonds. The number of nitrogens with zero attached hydrogens (tertiary/aromatic N) is 4. The van der Waals surface area contributed by atoms with Crippen LogP contribution in [-0.2, 0) is 16.6 Å². The molecule has 1 unspecified atom stereocenters. The third kappa shape index (κ3) is 5.69.